The molecule has 0 unspecified atom stereocenters. The van der Waals surface area contributed by atoms with Gasteiger partial charge >= 0.3 is 0 Å². The van der Waals surface area contributed by atoms with Gasteiger partial charge in [-0.3, -0.25) is 0 Å². The van der Waals surface area contributed by atoms with Crippen molar-refractivity contribution in [2.45, 2.75) is 19.5 Å². The first-order valence-corrected chi connectivity index (χ1v) is 8.13. The summed E-state index contributed by atoms with van der Waals surface area (Å²) in [7, 11) is -0.844. The highest BCUT2D eigenvalue weighted by atomic mass is 28.3. The van der Waals surface area contributed by atoms with Crippen LogP contribution in [0.3, 0.4) is 0 Å². The Bertz CT molecular complexity index is 339. The Morgan fingerprint density at radius 2 is 1.93 bits per heavy atom. The van der Waals surface area contributed by atoms with Gasteiger partial charge in [0.05, 0.1) is 15.1 Å². The molecule has 0 fully saturated rings. The van der Waals surface area contributed by atoms with E-state index in [0.717, 1.165) is 6.42 Å². The van der Waals surface area contributed by atoms with Crippen LogP contribution in [-0.2, 0) is 0 Å². The van der Waals surface area contributed by atoms with E-state index >= 15 is 0 Å². The zero-order valence-corrected chi connectivity index (χ0v) is 10.4. The smallest absolute Gasteiger partial charge is 0.0830 e. The van der Waals surface area contributed by atoms with E-state index in [4.69, 9.17) is 0 Å². The van der Waals surface area contributed by atoms with Gasteiger partial charge in [0.2, 0.25) is 0 Å². The van der Waals surface area contributed by atoms with Crippen LogP contribution in [0.4, 0.5) is 4.39 Å². The first-order chi connectivity index (χ1) is 7.24. The van der Waals surface area contributed by atoms with Crippen LogP contribution >= 0.6 is 0 Å². The highest BCUT2D eigenvalue weighted by Crippen LogP contribution is 2.13. The Morgan fingerprint density at radius 3 is 2.47 bits per heavy atom. The van der Waals surface area contributed by atoms with Gasteiger partial charge in [-0.2, -0.15) is 0 Å². The number of benzene rings is 1. The van der Waals surface area contributed by atoms with Crippen molar-refractivity contribution in [1.82, 2.24) is 0 Å². The van der Waals surface area contributed by atoms with Gasteiger partial charge in [0.25, 0.3) is 0 Å². The SMILES string of the molecule is C[SiH](C)C(=Cc1ccccc1)CC=CF. The van der Waals surface area contributed by atoms with Gasteiger partial charge in [-0.05, 0) is 12.0 Å². The average Bonchev–Trinajstić information content (AvgIpc) is 2.25. The summed E-state index contributed by atoms with van der Waals surface area (Å²) in [5, 5.41) is 1.38. The van der Waals surface area contributed by atoms with Crippen LogP contribution in [0.1, 0.15) is 12.0 Å². The third-order valence-electron chi connectivity index (χ3n) is 2.34. The largest absolute Gasteiger partial charge is 0.216 e. The molecular formula is C13H17FSi. The van der Waals surface area contributed by atoms with E-state index in [1.165, 1.54) is 10.8 Å². The monoisotopic (exact) mass is 220 g/mol. The van der Waals surface area contributed by atoms with Crippen LogP contribution < -0.4 is 0 Å². The van der Waals surface area contributed by atoms with E-state index < -0.39 is 8.80 Å². The van der Waals surface area contributed by atoms with E-state index in [2.05, 4.69) is 31.3 Å². The fourth-order valence-electron chi connectivity index (χ4n) is 1.41. The lowest BCUT2D eigenvalue weighted by molar-refractivity contribution is 0.717. The number of hydrogen-bond donors (Lipinski definition) is 0. The third-order valence-corrected chi connectivity index (χ3v) is 4.22. The maximum absolute atomic E-state index is 12.0. The van der Waals surface area contributed by atoms with Gasteiger partial charge in [0, 0.05) is 0 Å². The Balaban J connectivity index is 2.84. The molecule has 0 saturated carbocycles. The molecule has 1 aromatic rings. The topological polar surface area (TPSA) is 0 Å². The number of rotatable bonds is 4. The molecule has 1 rings (SSSR count). The van der Waals surface area contributed by atoms with Crippen molar-refractivity contribution >= 4 is 14.9 Å². The molecule has 0 aliphatic carbocycles. The second-order valence-electron chi connectivity index (χ2n) is 3.85. The zero-order valence-electron chi connectivity index (χ0n) is 9.28. The van der Waals surface area contributed by atoms with Crippen molar-refractivity contribution in [1.29, 1.82) is 0 Å². The molecule has 0 N–H and O–H groups in total. The van der Waals surface area contributed by atoms with Crippen molar-refractivity contribution in [3.05, 3.63) is 53.5 Å². The maximum atomic E-state index is 12.0. The number of allylic oxidation sites excluding steroid dienone is 2. The minimum atomic E-state index is -0.844. The van der Waals surface area contributed by atoms with Crippen LogP contribution in [0.15, 0.2) is 47.9 Å². The molecule has 0 amide bonds. The van der Waals surface area contributed by atoms with Gasteiger partial charge in [0.1, 0.15) is 0 Å². The molecule has 0 saturated heterocycles. The maximum Gasteiger partial charge on any atom is 0.0830 e. The summed E-state index contributed by atoms with van der Waals surface area (Å²) in [4.78, 5) is 0. The van der Waals surface area contributed by atoms with Crippen molar-refractivity contribution < 1.29 is 4.39 Å². The van der Waals surface area contributed by atoms with Crippen molar-refractivity contribution in [2.75, 3.05) is 0 Å². The van der Waals surface area contributed by atoms with Crippen LogP contribution in [-0.4, -0.2) is 8.80 Å². The first-order valence-electron chi connectivity index (χ1n) is 5.24. The molecule has 0 spiro atoms. The predicted octanol–water partition coefficient (Wildman–Crippen LogP) is 3.97. The molecule has 0 bridgehead atoms. The Labute approximate surface area is 92.7 Å². The Hall–Kier alpha value is -1.15. The lowest BCUT2D eigenvalue weighted by Crippen LogP contribution is -2.04. The molecule has 0 nitrogen and oxygen atoms in total. The second kappa shape index (κ2) is 6.35. The number of halogens is 1. The standard InChI is InChI=1S/C13H17FSi/c1-15(2)13(9-6-10-14)11-12-7-4-3-5-8-12/h3-8,10-11,15H,9H2,1-2H3. The Kier molecular flexibility index (Phi) is 5.05. The lowest BCUT2D eigenvalue weighted by Gasteiger charge is -2.07. The third kappa shape index (κ3) is 4.26. The zero-order chi connectivity index (χ0) is 11.1. The van der Waals surface area contributed by atoms with Gasteiger partial charge < -0.3 is 0 Å². The molecule has 0 aromatic heterocycles. The normalized spacial score (nSPS) is 12.7. The van der Waals surface area contributed by atoms with Gasteiger partial charge in [-0.15, -0.1) is 0 Å². The average molecular weight is 220 g/mol. The quantitative estimate of drug-likeness (QED) is 0.674. The summed E-state index contributed by atoms with van der Waals surface area (Å²) in [6.07, 6.45) is 5.16. The van der Waals surface area contributed by atoms with Gasteiger partial charge in [-0.1, -0.05) is 60.8 Å². The minimum Gasteiger partial charge on any atom is -0.216 e. The lowest BCUT2D eigenvalue weighted by atomic mass is 10.2. The molecule has 0 heterocycles. The van der Waals surface area contributed by atoms with E-state index in [-0.39, 0.29) is 0 Å². The molecule has 0 atom stereocenters. The van der Waals surface area contributed by atoms with Crippen LogP contribution in [0, 0.1) is 0 Å². The summed E-state index contributed by atoms with van der Waals surface area (Å²) in [6, 6.07) is 10.2. The van der Waals surface area contributed by atoms with Crippen molar-refractivity contribution in [2.24, 2.45) is 0 Å². The van der Waals surface area contributed by atoms with Crippen LogP contribution in [0.5, 0.6) is 0 Å². The molecule has 80 valence electrons. The van der Waals surface area contributed by atoms with Crippen LogP contribution in [0.2, 0.25) is 13.1 Å². The minimum absolute atomic E-state index is 0.635. The fraction of sp³-hybridized carbons (Fsp3) is 0.231. The summed E-state index contributed by atoms with van der Waals surface area (Å²) < 4.78 is 12.0. The number of hydrogen-bond acceptors (Lipinski definition) is 0. The molecule has 0 aliphatic heterocycles. The van der Waals surface area contributed by atoms with E-state index in [1.807, 2.05) is 18.2 Å². The van der Waals surface area contributed by atoms with E-state index in [0.29, 0.717) is 6.33 Å². The van der Waals surface area contributed by atoms with Gasteiger partial charge in [0.15, 0.2) is 0 Å². The Morgan fingerprint density at radius 1 is 1.27 bits per heavy atom. The van der Waals surface area contributed by atoms with E-state index in [1.54, 1.807) is 6.08 Å². The molecule has 2 heteroatoms. The fourth-order valence-corrected chi connectivity index (χ4v) is 2.54. The highest BCUT2D eigenvalue weighted by molar-refractivity contribution is 6.64. The van der Waals surface area contributed by atoms with Crippen LogP contribution in [0.25, 0.3) is 6.08 Å². The first kappa shape index (κ1) is 11.9. The molecule has 0 aliphatic rings. The highest BCUT2D eigenvalue weighted by Gasteiger charge is 2.02. The summed E-state index contributed by atoms with van der Waals surface area (Å²) in [5.41, 5.74) is 1.21. The molecular weight excluding hydrogens is 203 g/mol. The van der Waals surface area contributed by atoms with E-state index in [9.17, 15) is 4.39 Å². The summed E-state index contributed by atoms with van der Waals surface area (Å²) >= 11 is 0. The molecule has 15 heavy (non-hydrogen) atoms. The summed E-state index contributed by atoms with van der Waals surface area (Å²) in [6.45, 7) is 4.53. The summed E-state index contributed by atoms with van der Waals surface area (Å²) in [5.74, 6) is 0. The molecule has 1 aromatic carbocycles. The predicted molar refractivity (Wildman–Crippen MR) is 68.2 cm³/mol. The van der Waals surface area contributed by atoms with Crippen molar-refractivity contribution in [3.8, 4) is 0 Å². The van der Waals surface area contributed by atoms with Gasteiger partial charge in [-0.25, -0.2) is 4.39 Å². The second-order valence-corrected chi connectivity index (χ2v) is 6.90. The molecule has 0 radical (unpaired) electrons. The van der Waals surface area contributed by atoms with Crippen molar-refractivity contribution in [3.63, 3.8) is 0 Å².